The lowest BCUT2D eigenvalue weighted by molar-refractivity contribution is -0.0222. The lowest BCUT2D eigenvalue weighted by Gasteiger charge is -2.36. The second kappa shape index (κ2) is 10.3. The molecule has 1 aliphatic heterocycles. The van der Waals surface area contributed by atoms with E-state index in [2.05, 4.69) is 27.3 Å². The summed E-state index contributed by atoms with van der Waals surface area (Å²) in [5, 5.41) is 3.44. The molecule has 0 unspecified atom stereocenters. The average molecular weight is 473 g/mol. The second-order valence-corrected chi connectivity index (χ2v) is 10.3. The lowest BCUT2D eigenvalue weighted by atomic mass is 9.81. The summed E-state index contributed by atoms with van der Waals surface area (Å²) in [7, 11) is 0. The minimum Gasteiger partial charge on any atom is -0.444 e. The summed E-state index contributed by atoms with van der Waals surface area (Å²) >= 11 is 6.35. The number of hydrogen-bond donors (Lipinski definition) is 1. The van der Waals surface area contributed by atoms with Crippen molar-refractivity contribution in [1.82, 2.24) is 15.3 Å². The molecule has 1 saturated carbocycles. The van der Waals surface area contributed by atoms with Crippen LogP contribution < -0.4 is 10.2 Å². The molecule has 1 aromatic carbocycles. The van der Waals surface area contributed by atoms with E-state index in [1.807, 2.05) is 45.0 Å². The first-order chi connectivity index (χ1) is 15.7. The fourth-order valence-electron chi connectivity index (χ4n) is 4.20. The van der Waals surface area contributed by atoms with E-state index in [1.165, 1.54) is 5.56 Å². The van der Waals surface area contributed by atoms with Crippen LogP contribution in [0.5, 0.6) is 0 Å². The maximum Gasteiger partial charge on any atom is 0.407 e. The van der Waals surface area contributed by atoms with Crippen LogP contribution in [0.4, 0.5) is 10.6 Å². The van der Waals surface area contributed by atoms with Crippen molar-refractivity contribution in [2.75, 3.05) is 18.0 Å². The molecular formula is C25H33ClN4O3. The molecule has 0 bridgehead atoms. The van der Waals surface area contributed by atoms with Crippen molar-refractivity contribution in [3.63, 3.8) is 0 Å². The number of amides is 1. The summed E-state index contributed by atoms with van der Waals surface area (Å²) in [5.41, 5.74) is 0.693. The monoisotopic (exact) mass is 472 g/mol. The van der Waals surface area contributed by atoms with Crippen LogP contribution in [0, 0.1) is 0 Å². The zero-order valence-corrected chi connectivity index (χ0v) is 20.3. The zero-order chi connectivity index (χ0) is 23.4. The molecule has 1 amide bonds. The number of halogens is 1. The highest BCUT2D eigenvalue weighted by Crippen LogP contribution is 2.38. The van der Waals surface area contributed by atoms with E-state index >= 15 is 0 Å². The number of ether oxygens (including phenoxy) is 2. The molecule has 8 heteroatoms. The van der Waals surface area contributed by atoms with Gasteiger partial charge in [0.25, 0.3) is 0 Å². The molecule has 7 nitrogen and oxygen atoms in total. The second-order valence-electron chi connectivity index (χ2n) is 9.90. The van der Waals surface area contributed by atoms with Gasteiger partial charge in [-0.05, 0) is 52.0 Å². The quantitative estimate of drug-likeness (QED) is 0.590. The fourth-order valence-corrected chi connectivity index (χ4v) is 4.38. The highest BCUT2D eigenvalue weighted by atomic mass is 35.5. The molecule has 4 rings (SSSR count). The predicted octanol–water partition coefficient (Wildman–Crippen LogP) is 5.09. The van der Waals surface area contributed by atoms with E-state index in [4.69, 9.17) is 26.1 Å². The first kappa shape index (κ1) is 23.8. The largest absolute Gasteiger partial charge is 0.444 e. The Morgan fingerprint density at radius 2 is 1.85 bits per heavy atom. The van der Waals surface area contributed by atoms with Crippen LogP contribution in [0.2, 0.25) is 5.15 Å². The first-order valence-corrected chi connectivity index (χ1v) is 12.1. The van der Waals surface area contributed by atoms with Crippen LogP contribution in [-0.4, -0.2) is 46.9 Å². The van der Waals surface area contributed by atoms with Gasteiger partial charge in [-0.1, -0.05) is 41.9 Å². The Balaban J connectivity index is 1.26. The highest BCUT2D eigenvalue weighted by molar-refractivity contribution is 6.29. The molecule has 2 aromatic rings. The molecule has 1 N–H and O–H groups in total. The standard InChI is InChI=1S/C25H33ClN4O3/c1-25(2,3)33-24(31)27-19-9-11-30(12-10-19)22-15-21(26)28-23(29-22)18-13-20(14-18)32-16-17-7-5-4-6-8-17/h4-8,15,18-20H,9-14,16H2,1-3H3,(H,27,31). The molecule has 2 heterocycles. The van der Waals surface area contributed by atoms with Gasteiger partial charge < -0.3 is 19.7 Å². The summed E-state index contributed by atoms with van der Waals surface area (Å²) in [6, 6.07) is 12.1. The van der Waals surface area contributed by atoms with Crippen molar-refractivity contribution in [3.8, 4) is 0 Å². The van der Waals surface area contributed by atoms with Gasteiger partial charge in [-0.15, -0.1) is 0 Å². The van der Waals surface area contributed by atoms with Gasteiger partial charge in [-0.3, -0.25) is 0 Å². The van der Waals surface area contributed by atoms with E-state index < -0.39 is 5.60 Å². The number of alkyl carbamates (subject to hydrolysis) is 1. The fraction of sp³-hybridized carbons (Fsp3) is 0.560. The van der Waals surface area contributed by atoms with Gasteiger partial charge in [0.2, 0.25) is 0 Å². The van der Waals surface area contributed by atoms with E-state index in [-0.39, 0.29) is 24.2 Å². The van der Waals surface area contributed by atoms with Gasteiger partial charge in [0.1, 0.15) is 22.4 Å². The van der Waals surface area contributed by atoms with Gasteiger partial charge in [0.15, 0.2) is 0 Å². The Morgan fingerprint density at radius 1 is 1.15 bits per heavy atom. The van der Waals surface area contributed by atoms with Crippen LogP contribution in [0.25, 0.3) is 0 Å². The predicted molar refractivity (Wildman–Crippen MR) is 129 cm³/mol. The van der Waals surface area contributed by atoms with Crippen molar-refractivity contribution in [2.24, 2.45) is 0 Å². The Hall–Kier alpha value is -2.38. The molecule has 0 spiro atoms. The number of hydrogen-bond acceptors (Lipinski definition) is 6. The molecule has 2 fully saturated rings. The number of benzene rings is 1. The number of piperidine rings is 1. The van der Waals surface area contributed by atoms with Gasteiger partial charge in [0, 0.05) is 31.1 Å². The topological polar surface area (TPSA) is 76.6 Å². The Bertz CT molecular complexity index is 936. The average Bonchev–Trinajstić information content (AvgIpc) is 2.72. The maximum absolute atomic E-state index is 12.0. The number of aromatic nitrogens is 2. The molecule has 1 aromatic heterocycles. The molecule has 178 valence electrons. The summed E-state index contributed by atoms with van der Waals surface area (Å²) < 4.78 is 11.4. The Kier molecular flexibility index (Phi) is 7.39. The third-order valence-corrected chi connectivity index (χ3v) is 6.22. The Labute approximate surface area is 200 Å². The minimum atomic E-state index is -0.494. The van der Waals surface area contributed by atoms with Crippen LogP contribution >= 0.6 is 11.6 Å². The maximum atomic E-state index is 12.0. The van der Waals surface area contributed by atoms with Gasteiger partial charge >= 0.3 is 6.09 Å². The van der Waals surface area contributed by atoms with E-state index in [0.717, 1.165) is 50.4 Å². The molecule has 33 heavy (non-hydrogen) atoms. The molecule has 1 aliphatic carbocycles. The number of rotatable bonds is 6. The number of carbonyl (C=O) groups excluding carboxylic acids is 1. The number of nitrogens with zero attached hydrogens (tertiary/aromatic N) is 3. The van der Waals surface area contributed by atoms with E-state index in [1.54, 1.807) is 0 Å². The normalized spacial score (nSPS) is 21.4. The van der Waals surface area contributed by atoms with Crippen molar-refractivity contribution in [1.29, 1.82) is 0 Å². The third-order valence-electron chi connectivity index (χ3n) is 6.03. The number of carbonyl (C=O) groups is 1. The number of anilines is 1. The first-order valence-electron chi connectivity index (χ1n) is 11.7. The van der Waals surface area contributed by atoms with Gasteiger partial charge in [-0.2, -0.15) is 0 Å². The highest BCUT2D eigenvalue weighted by Gasteiger charge is 2.34. The van der Waals surface area contributed by atoms with Crippen molar-refractivity contribution in [2.45, 2.75) is 76.7 Å². The molecular weight excluding hydrogens is 440 g/mol. The van der Waals surface area contributed by atoms with Gasteiger partial charge in [0.05, 0.1) is 12.7 Å². The molecule has 1 saturated heterocycles. The molecule has 2 aliphatic rings. The summed E-state index contributed by atoms with van der Waals surface area (Å²) in [5.74, 6) is 1.93. The SMILES string of the molecule is CC(C)(C)OC(=O)NC1CCN(c2cc(Cl)nc(C3CC(OCc4ccccc4)C3)n2)CC1. The zero-order valence-electron chi connectivity index (χ0n) is 19.6. The molecule has 0 radical (unpaired) electrons. The minimum absolute atomic E-state index is 0.0991. The summed E-state index contributed by atoms with van der Waals surface area (Å²) in [6.45, 7) is 7.82. The smallest absolute Gasteiger partial charge is 0.407 e. The molecule has 0 atom stereocenters. The van der Waals surface area contributed by atoms with Crippen LogP contribution in [0.15, 0.2) is 36.4 Å². The van der Waals surface area contributed by atoms with E-state index in [0.29, 0.717) is 11.8 Å². The Morgan fingerprint density at radius 3 is 2.52 bits per heavy atom. The van der Waals surface area contributed by atoms with Crippen LogP contribution in [0.3, 0.4) is 0 Å². The third kappa shape index (κ3) is 6.81. The summed E-state index contributed by atoms with van der Waals surface area (Å²) in [4.78, 5) is 23.6. The van der Waals surface area contributed by atoms with Crippen molar-refractivity contribution in [3.05, 3.63) is 52.9 Å². The van der Waals surface area contributed by atoms with Crippen LogP contribution in [0.1, 0.15) is 63.8 Å². The van der Waals surface area contributed by atoms with Crippen molar-refractivity contribution >= 4 is 23.5 Å². The van der Waals surface area contributed by atoms with E-state index in [9.17, 15) is 4.79 Å². The van der Waals surface area contributed by atoms with Crippen LogP contribution in [-0.2, 0) is 16.1 Å². The lowest BCUT2D eigenvalue weighted by Crippen LogP contribution is -2.46. The number of nitrogens with one attached hydrogen (secondary N) is 1. The van der Waals surface area contributed by atoms with Gasteiger partial charge in [-0.25, -0.2) is 14.8 Å². The summed E-state index contributed by atoms with van der Waals surface area (Å²) in [6.07, 6.45) is 3.35. The van der Waals surface area contributed by atoms with Crippen molar-refractivity contribution < 1.29 is 14.3 Å².